The van der Waals surface area contributed by atoms with Crippen molar-refractivity contribution < 1.29 is 24.3 Å². The van der Waals surface area contributed by atoms with Gasteiger partial charge in [0.15, 0.2) is 17.3 Å². The normalized spacial score (nSPS) is 9.85. The SMILES string of the molecule is COc1ccc(B(O)O)c(F)c1O. The fourth-order valence-electron chi connectivity index (χ4n) is 0.927. The Kier molecular flexibility index (Phi) is 2.74. The van der Waals surface area contributed by atoms with Gasteiger partial charge in [-0.3, -0.25) is 0 Å². The number of hydrogen-bond acceptors (Lipinski definition) is 4. The summed E-state index contributed by atoms with van der Waals surface area (Å²) in [7, 11) is -0.680. The molecule has 0 bridgehead atoms. The Morgan fingerprint density at radius 3 is 2.46 bits per heavy atom. The highest BCUT2D eigenvalue weighted by molar-refractivity contribution is 6.58. The van der Waals surface area contributed by atoms with E-state index < -0.39 is 24.1 Å². The number of phenols is 1. The highest BCUT2D eigenvalue weighted by atomic mass is 19.1. The maximum absolute atomic E-state index is 13.0. The molecule has 0 fully saturated rings. The van der Waals surface area contributed by atoms with Gasteiger partial charge in [-0.25, -0.2) is 4.39 Å². The van der Waals surface area contributed by atoms with E-state index in [9.17, 15) is 4.39 Å². The zero-order chi connectivity index (χ0) is 10.0. The molecular weight excluding hydrogens is 178 g/mol. The molecule has 6 heteroatoms. The third kappa shape index (κ3) is 1.73. The van der Waals surface area contributed by atoms with E-state index in [1.54, 1.807) is 0 Å². The van der Waals surface area contributed by atoms with Crippen molar-refractivity contribution in [3.8, 4) is 11.5 Å². The first kappa shape index (κ1) is 9.82. The van der Waals surface area contributed by atoms with Gasteiger partial charge in [0.25, 0.3) is 0 Å². The van der Waals surface area contributed by atoms with Gasteiger partial charge in [0.1, 0.15) is 0 Å². The van der Waals surface area contributed by atoms with Crippen LogP contribution in [0.4, 0.5) is 4.39 Å². The summed E-state index contributed by atoms with van der Waals surface area (Å²) in [6.07, 6.45) is 0. The van der Waals surface area contributed by atoms with Crippen molar-refractivity contribution in [2.24, 2.45) is 0 Å². The van der Waals surface area contributed by atoms with Crippen LogP contribution in [-0.2, 0) is 0 Å². The molecule has 13 heavy (non-hydrogen) atoms. The number of aromatic hydroxyl groups is 1. The number of ether oxygens (including phenoxy) is 1. The number of methoxy groups -OCH3 is 1. The van der Waals surface area contributed by atoms with E-state index in [4.69, 9.17) is 15.2 Å². The summed E-state index contributed by atoms with van der Waals surface area (Å²) in [6.45, 7) is 0. The summed E-state index contributed by atoms with van der Waals surface area (Å²) in [5, 5.41) is 26.4. The summed E-state index contributed by atoms with van der Waals surface area (Å²) < 4.78 is 17.7. The molecule has 0 spiro atoms. The molecule has 0 amide bonds. The first-order valence-corrected chi connectivity index (χ1v) is 3.49. The van der Waals surface area contributed by atoms with Crippen LogP contribution in [0.5, 0.6) is 11.5 Å². The molecule has 0 saturated carbocycles. The smallest absolute Gasteiger partial charge is 0.491 e. The van der Waals surface area contributed by atoms with Crippen LogP contribution >= 0.6 is 0 Å². The van der Waals surface area contributed by atoms with Gasteiger partial charge < -0.3 is 19.9 Å². The Hall–Kier alpha value is -1.27. The van der Waals surface area contributed by atoms with Crippen LogP contribution in [-0.4, -0.2) is 29.4 Å². The second-order valence-corrected chi connectivity index (χ2v) is 2.39. The number of hydrogen-bond donors (Lipinski definition) is 3. The van der Waals surface area contributed by atoms with Crippen molar-refractivity contribution in [1.29, 1.82) is 0 Å². The molecule has 0 aliphatic rings. The quantitative estimate of drug-likeness (QED) is 0.530. The number of benzene rings is 1. The van der Waals surface area contributed by atoms with Crippen molar-refractivity contribution in [1.82, 2.24) is 0 Å². The van der Waals surface area contributed by atoms with E-state index >= 15 is 0 Å². The topological polar surface area (TPSA) is 69.9 Å². The Labute approximate surface area is 74.4 Å². The molecular formula is C7H8BFO4. The first-order valence-electron chi connectivity index (χ1n) is 3.49. The van der Waals surface area contributed by atoms with Gasteiger partial charge in [-0.05, 0) is 6.07 Å². The van der Waals surface area contributed by atoms with Gasteiger partial charge in [0.05, 0.1) is 7.11 Å². The fourth-order valence-corrected chi connectivity index (χ4v) is 0.927. The molecule has 0 aliphatic carbocycles. The number of phenolic OH excluding ortho intramolecular Hbond substituents is 1. The monoisotopic (exact) mass is 186 g/mol. The standard InChI is InChI=1S/C7H8BFO4/c1-13-5-3-2-4(8(11)12)6(9)7(5)10/h2-3,10-12H,1H3. The van der Waals surface area contributed by atoms with E-state index in [1.165, 1.54) is 13.2 Å². The molecule has 0 saturated heterocycles. The lowest BCUT2D eigenvalue weighted by Crippen LogP contribution is -2.32. The Morgan fingerprint density at radius 1 is 1.38 bits per heavy atom. The van der Waals surface area contributed by atoms with Gasteiger partial charge >= 0.3 is 7.12 Å². The van der Waals surface area contributed by atoms with Crippen molar-refractivity contribution in [2.75, 3.05) is 7.11 Å². The zero-order valence-corrected chi connectivity index (χ0v) is 6.86. The molecule has 0 heterocycles. The van der Waals surface area contributed by atoms with Crippen molar-refractivity contribution >= 4 is 12.6 Å². The van der Waals surface area contributed by atoms with Gasteiger partial charge in [-0.15, -0.1) is 0 Å². The lowest BCUT2D eigenvalue weighted by molar-refractivity contribution is 0.356. The van der Waals surface area contributed by atoms with Crippen LogP contribution in [0.3, 0.4) is 0 Å². The van der Waals surface area contributed by atoms with Crippen molar-refractivity contribution in [2.45, 2.75) is 0 Å². The van der Waals surface area contributed by atoms with Crippen LogP contribution < -0.4 is 10.2 Å². The Morgan fingerprint density at radius 2 is 2.00 bits per heavy atom. The molecule has 0 radical (unpaired) electrons. The summed E-state index contributed by atoms with van der Waals surface area (Å²) in [6, 6.07) is 2.37. The van der Waals surface area contributed by atoms with Crippen LogP contribution in [0.15, 0.2) is 12.1 Å². The third-order valence-electron chi connectivity index (χ3n) is 1.61. The fraction of sp³-hybridized carbons (Fsp3) is 0.143. The average molecular weight is 186 g/mol. The van der Waals surface area contributed by atoms with Gasteiger partial charge in [-0.1, -0.05) is 6.07 Å². The maximum Gasteiger partial charge on any atom is 0.491 e. The first-order chi connectivity index (χ1) is 6.07. The van der Waals surface area contributed by atoms with E-state index in [2.05, 4.69) is 4.74 Å². The summed E-state index contributed by atoms with van der Waals surface area (Å²) in [5.74, 6) is -1.87. The van der Waals surface area contributed by atoms with Crippen molar-refractivity contribution in [3.05, 3.63) is 17.9 Å². The summed E-state index contributed by atoms with van der Waals surface area (Å²) in [4.78, 5) is 0. The van der Waals surface area contributed by atoms with E-state index in [0.29, 0.717) is 0 Å². The molecule has 3 N–H and O–H groups in total. The lowest BCUT2D eigenvalue weighted by Gasteiger charge is -2.07. The van der Waals surface area contributed by atoms with E-state index in [0.717, 1.165) is 6.07 Å². The molecule has 1 aromatic rings. The second-order valence-electron chi connectivity index (χ2n) is 2.39. The van der Waals surface area contributed by atoms with Gasteiger partial charge in [0, 0.05) is 5.46 Å². The minimum absolute atomic E-state index is 0.0538. The highest BCUT2D eigenvalue weighted by Crippen LogP contribution is 2.26. The molecule has 0 atom stereocenters. The van der Waals surface area contributed by atoms with Gasteiger partial charge in [0.2, 0.25) is 0 Å². The largest absolute Gasteiger partial charge is 0.502 e. The predicted octanol–water partition coefficient (Wildman–Crippen LogP) is -0.780. The molecule has 70 valence electrons. The molecule has 0 aromatic heterocycles. The van der Waals surface area contributed by atoms with Crippen LogP contribution in [0, 0.1) is 5.82 Å². The third-order valence-corrected chi connectivity index (χ3v) is 1.61. The van der Waals surface area contributed by atoms with Gasteiger partial charge in [-0.2, -0.15) is 0 Å². The van der Waals surface area contributed by atoms with E-state index in [-0.39, 0.29) is 5.75 Å². The Bertz CT molecular complexity index is 316. The zero-order valence-electron chi connectivity index (χ0n) is 6.86. The molecule has 1 aromatic carbocycles. The minimum atomic E-state index is -1.95. The maximum atomic E-state index is 13.0. The molecule has 4 nitrogen and oxygen atoms in total. The molecule has 0 aliphatic heterocycles. The predicted molar refractivity (Wildman–Crippen MR) is 44.4 cm³/mol. The Balaban J connectivity index is 3.23. The second kappa shape index (κ2) is 3.63. The number of rotatable bonds is 2. The lowest BCUT2D eigenvalue weighted by atomic mass is 9.79. The van der Waals surface area contributed by atoms with Crippen molar-refractivity contribution in [3.63, 3.8) is 0 Å². The van der Waals surface area contributed by atoms with Crippen LogP contribution in [0.25, 0.3) is 0 Å². The minimum Gasteiger partial charge on any atom is -0.502 e. The van der Waals surface area contributed by atoms with Crippen LogP contribution in [0.2, 0.25) is 0 Å². The van der Waals surface area contributed by atoms with Crippen LogP contribution in [0.1, 0.15) is 0 Å². The highest BCUT2D eigenvalue weighted by Gasteiger charge is 2.21. The number of halogens is 1. The summed E-state index contributed by atoms with van der Waals surface area (Å²) in [5.41, 5.74) is -0.390. The molecule has 0 unspecified atom stereocenters. The average Bonchev–Trinajstić information content (AvgIpc) is 2.09. The van der Waals surface area contributed by atoms with E-state index in [1.807, 2.05) is 0 Å². The molecule has 1 rings (SSSR count). The summed E-state index contributed by atoms with van der Waals surface area (Å²) >= 11 is 0.